The number of hydrogen-bond acceptors (Lipinski definition) is 5. The Balaban J connectivity index is 2.58. The van der Waals surface area contributed by atoms with E-state index in [4.69, 9.17) is 0 Å². The van der Waals surface area contributed by atoms with Crippen molar-refractivity contribution in [2.24, 2.45) is 0 Å². The second-order valence-corrected chi connectivity index (χ2v) is 7.16. The van der Waals surface area contributed by atoms with Crippen LogP contribution in [0.25, 0.3) is 0 Å². The summed E-state index contributed by atoms with van der Waals surface area (Å²) in [5.41, 5.74) is 1.01. The Hall–Kier alpha value is -0.470. The van der Waals surface area contributed by atoms with Crippen LogP contribution < -0.4 is 10.0 Å². The molecule has 0 atom stereocenters. The van der Waals surface area contributed by atoms with Gasteiger partial charge < -0.3 is 10.2 Å². The molecule has 0 aliphatic heterocycles. The molecule has 0 aliphatic rings. The van der Waals surface area contributed by atoms with Gasteiger partial charge in [0, 0.05) is 19.6 Å². The van der Waals surface area contributed by atoms with Gasteiger partial charge in [0.1, 0.15) is 4.21 Å². The maximum Gasteiger partial charge on any atom is 0.250 e. The van der Waals surface area contributed by atoms with E-state index in [1.165, 1.54) is 11.3 Å². The molecule has 18 heavy (non-hydrogen) atoms. The summed E-state index contributed by atoms with van der Waals surface area (Å²) in [5.74, 6) is 0. The molecule has 1 aromatic rings. The Labute approximate surface area is 113 Å². The number of rotatable bonds is 8. The predicted molar refractivity (Wildman–Crippen MR) is 75.4 cm³/mol. The highest BCUT2D eigenvalue weighted by Crippen LogP contribution is 2.19. The predicted octanol–water partition coefficient (Wildman–Crippen LogP) is 0.698. The van der Waals surface area contributed by atoms with Gasteiger partial charge in [-0.15, -0.1) is 11.3 Å². The van der Waals surface area contributed by atoms with Crippen molar-refractivity contribution in [2.75, 3.05) is 33.7 Å². The second kappa shape index (κ2) is 7.20. The van der Waals surface area contributed by atoms with E-state index in [0.29, 0.717) is 23.8 Å². The van der Waals surface area contributed by atoms with Gasteiger partial charge in [-0.05, 0) is 37.6 Å². The van der Waals surface area contributed by atoms with Crippen molar-refractivity contribution in [1.29, 1.82) is 0 Å². The van der Waals surface area contributed by atoms with Crippen LogP contribution in [0.15, 0.2) is 15.7 Å². The van der Waals surface area contributed by atoms with E-state index < -0.39 is 10.0 Å². The molecule has 7 heteroatoms. The van der Waals surface area contributed by atoms with E-state index >= 15 is 0 Å². The lowest BCUT2D eigenvalue weighted by molar-refractivity contribution is 0.412. The van der Waals surface area contributed by atoms with Gasteiger partial charge in [0.25, 0.3) is 0 Å². The van der Waals surface area contributed by atoms with Crippen molar-refractivity contribution in [3.05, 3.63) is 17.0 Å². The average Bonchev–Trinajstić information content (AvgIpc) is 2.74. The van der Waals surface area contributed by atoms with Crippen LogP contribution in [-0.2, 0) is 16.6 Å². The summed E-state index contributed by atoms with van der Waals surface area (Å²) in [6, 6.07) is 1.73. The monoisotopic (exact) mass is 291 g/mol. The number of sulfonamides is 1. The maximum atomic E-state index is 12.0. The van der Waals surface area contributed by atoms with Crippen LogP contribution in [-0.4, -0.2) is 47.0 Å². The Morgan fingerprint density at radius 1 is 1.39 bits per heavy atom. The van der Waals surface area contributed by atoms with E-state index in [9.17, 15) is 8.42 Å². The van der Waals surface area contributed by atoms with Gasteiger partial charge >= 0.3 is 0 Å². The smallest absolute Gasteiger partial charge is 0.250 e. The Kier molecular flexibility index (Phi) is 6.24. The van der Waals surface area contributed by atoms with Crippen LogP contribution in [0.2, 0.25) is 0 Å². The Morgan fingerprint density at radius 3 is 2.72 bits per heavy atom. The van der Waals surface area contributed by atoms with E-state index in [-0.39, 0.29) is 0 Å². The van der Waals surface area contributed by atoms with E-state index in [0.717, 1.165) is 12.1 Å². The number of thiophene rings is 1. The SMILES string of the molecule is CCNCc1csc(S(=O)(=O)NCCN(C)C)c1. The van der Waals surface area contributed by atoms with Gasteiger partial charge in [-0.25, -0.2) is 13.1 Å². The van der Waals surface area contributed by atoms with Crippen LogP contribution in [0.3, 0.4) is 0 Å². The lowest BCUT2D eigenvalue weighted by Crippen LogP contribution is -2.31. The molecule has 0 fully saturated rings. The molecular weight excluding hydrogens is 270 g/mol. The molecule has 0 amide bonds. The standard InChI is InChI=1S/C11H21N3O2S2/c1-4-12-8-10-7-11(17-9-10)18(15,16)13-5-6-14(2)3/h7,9,12-13H,4-6,8H2,1-3H3. The highest BCUT2D eigenvalue weighted by Gasteiger charge is 2.15. The minimum atomic E-state index is -3.35. The summed E-state index contributed by atoms with van der Waals surface area (Å²) >= 11 is 1.26. The lowest BCUT2D eigenvalue weighted by atomic mass is 10.3. The third kappa shape index (κ3) is 5.03. The summed E-state index contributed by atoms with van der Waals surface area (Å²) in [5, 5.41) is 5.05. The maximum absolute atomic E-state index is 12.0. The molecular formula is C11H21N3O2S2. The van der Waals surface area contributed by atoms with Crippen LogP contribution in [0.5, 0.6) is 0 Å². The molecule has 1 rings (SSSR count). The van der Waals surface area contributed by atoms with Crippen molar-refractivity contribution in [2.45, 2.75) is 17.7 Å². The molecule has 1 aromatic heterocycles. The zero-order chi connectivity index (χ0) is 13.6. The first-order chi connectivity index (χ1) is 8.45. The lowest BCUT2D eigenvalue weighted by Gasteiger charge is -2.09. The molecule has 104 valence electrons. The zero-order valence-electron chi connectivity index (χ0n) is 11.1. The van der Waals surface area contributed by atoms with Gasteiger partial charge in [0.05, 0.1) is 0 Å². The number of nitrogens with one attached hydrogen (secondary N) is 2. The normalized spacial score (nSPS) is 12.2. The summed E-state index contributed by atoms with van der Waals surface area (Å²) in [6.45, 7) is 4.72. The zero-order valence-corrected chi connectivity index (χ0v) is 12.7. The highest BCUT2D eigenvalue weighted by molar-refractivity contribution is 7.91. The van der Waals surface area contributed by atoms with E-state index in [1.807, 2.05) is 31.3 Å². The minimum absolute atomic E-state index is 0.383. The first kappa shape index (κ1) is 15.6. The molecule has 5 nitrogen and oxygen atoms in total. The molecule has 0 aliphatic carbocycles. The van der Waals surface area contributed by atoms with Crippen LogP contribution in [0.4, 0.5) is 0 Å². The van der Waals surface area contributed by atoms with Gasteiger partial charge in [-0.3, -0.25) is 0 Å². The van der Waals surface area contributed by atoms with Crippen molar-refractivity contribution < 1.29 is 8.42 Å². The summed E-state index contributed by atoms with van der Waals surface area (Å²) in [4.78, 5) is 1.94. The quantitative estimate of drug-likeness (QED) is 0.740. The molecule has 2 N–H and O–H groups in total. The van der Waals surface area contributed by atoms with Gasteiger partial charge in [-0.2, -0.15) is 0 Å². The van der Waals surface area contributed by atoms with Crippen molar-refractivity contribution in [1.82, 2.24) is 14.9 Å². The summed E-state index contributed by atoms with van der Waals surface area (Å²) < 4.78 is 26.9. The first-order valence-corrected chi connectivity index (χ1v) is 8.24. The van der Waals surface area contributed by atoms with Gasteiger partial charge in [0.2, 0.25) is 10.0 Å². The van der Waals surface area contributed by atoms with Crippen molar-refractivity contribution >= 4 is 21.4 Å². The third-order valence-corrected chi connectivity index (χ3v) is 5.27. The fourth-order valence-electron chi connectivity index (χ4n) is 1.33. The molecule has 0 saturated heterocycles. The summed E-state index contributed by atoms with van der Waals surface area (Å²) in [7, 11) is 0.475. The van der Waals surface area contributed by atoms with Crippen LogP contribution >= 0.6 is 11.3 Å². The molecule has 0 bridgehead atoms. The number of likely N-dealkylation sites (N-methyl/N-ethyl adjacent to an activating group) is 1. The molecule has 0 saturated carbocycles. The first-order valence-electron chi connectivity index (χ1n) is 5.88. The van der Waals surface area contributed by atoms with Crippen molar-refractivity contribution in [3.8, 4) is 0 Å². The fraction of sp³-hybridized carbons (Fsp3) is 0.636. The molecule has 0 radical (unpaired) electrons. The Morgan fingerprint density at radius 2 is 2.11 bits per heavy atom. The van der Waals surface area contributed by atoms with Crippen molar-refractivity contribution in [3.63, 3.8) is 0 Å². The van der Waals surface area contributed by atoms with Gasteiger partial charge in [-0.1, -0.05) is 6.92 Å². The average molecular weight is 291 g/mol. The van der Waals surface area contributed by atoms with E-state index in [2.05, 4.69) is 10.0 Å². The van der Waals surface area contributed by atoms with Gasteiger partial charge in [0.15, 0.2) is 0 Å². The molecule has 0 unspecified atom stereocenters. The minimum Gasteiger partial charge on any atom is -0.313 e. The molecule has 1 heterocycles. The topological polar surface area (TPSA) is 61.4 Å². The number of hydrogen-bond donors (Lipinski definition) is 2. The molecule has 0 aromatic carbocycles. The Bertz CT molecular complexity index is 455. The third-order valence-electron chi connectivity index (χ3n) is 2.32. The second-order valence-electron chi connectivity index (χ2n) is 4.26. The highest BCUT2D eigenvalue weighted by atomic mass is 32.2. The van der Waals surface area contributed by atoms with Crippen LogP contribution in [0.1, 0.15) is 12.5 Å². The molecule has 0 spiro atoms. The van der Waals surface area contributed by atoms with E-state index in [1.54, 1.807) is 6.07 Å². The van der Waals surface area contributed by atoms with Crippen LogP contribution in [0, 0.1) is 0 Å². The largest absolute Gasteiger partial charge is 0.313 e. The fourth-order valence-corrected chi connectivity index (χ4v) is 3.61. The summed E-state index contributed by atoms with van der Waals surface area (Å²) in [6.07, 6.45) is 0. The number of nitrogens with zero attached hydrogens (tertiary/aromatic N) is 1.